The molecular weight excluding hydrogens is 150 g/mol. The van der Waals surface area contributed by atoms with E-state index in [0.717, 1.165) is 11.5 Å². The molecule has 66 valence electrons. The minimum atomic E-state index is 0.0681. The molecule has 1 rings (SSSR count). The SMILES string of the molecule is Cc1ncc(NC(C)(C)C)cn1. The fourth-order valence-corrected chi connectivity index (χ4v) is 0.890. The summed E-state index contributed by atoms with van der Waals surface area (Å²) >= 11 is 0. The molecule has 0 fully saturated rings. The molecule has 1 aromatic heterocycles. The Hall–Kier alpha value is -1.12. The summed E-state index contributed by atoms with van der Waals surface area (Å²) in [5, 5.41) is 3.28. The van der Waals surface area contributed by atoms with Crippen LogP contribution >= 0.6 is 0 Å². The van der Waals surface area contributed by atoms with E-state index in [1.165, 1.54) is 0 Å². The third kappa shape index (κ3) is 2.86. The lowest BCUT2D eigenvalue weighted by atomic mass is 10.1. The second-order valence-electron chi connectivity index (χ2n) is 3.89. The van der Waals surface area contributed by atoms with Crippen molar-refractivity contribution in [1.82, 2.24) is 9.97 Å². The van der Waals surface area contributed by atoms with E-state index in [1.54, 1.807) is 12.4 Å². The monoisotopic (exact) mass is 165 g/mol. The molecule has 0 atom stereocenters. The van der Waals surface area contributed by atoms with Gasteiger partial charge >= 0.3 is 0 Å². The Balaban J connectivity index is 2.71. The predicted octanol–water partition coefficient (Wildman–Crippen LogP) is 2.00. The van der Waals surface area contributed by atoms with Crippen molar-refractivity contribution < 1.29 is 0 Å². The molecule has 1 N–H and O–H groups in total. The summed E-state index contributed by atoms with van der Waals surface area (Å²) in [4.78, 5) is 8.18. The average molecular weight is 165 g/mol. The number of aromatic nitrogens is 2. The van der Waals surface area contributed by atoms with Crippen LogP contribution in [0.2, 0.25) is 0 Å². The Labute approximate surface area is 73.2 Å². The van der Waals surface area contributed by atoms with Gasteiger partial charge in [0.1, 0.15) is 5.82 Å². The van der Waals surface area contributed by atoms with Gasteiger partial charge in [0.25, 0.3) is 0 Å². The van der Waals surface area contributed by atoms with E-state index in [-0.39, 0.29) is 5.54 Å². The second kappa shape index (κ2) is 3.09. The first-order chi connectivity index (χ1) is 5.47. The molecule has 0 saturated heterocycles. The molecular formula is C9H15N3. The molecule has 1 aromatic rings. The van der Waals surface area contributed by atoms with Crippen molar-refractivity contribution in [3.05, 3.63) is 18.2 Å². The lowest BCUT2D eigenvalue weighted by Gasteiger charge is -2.21. The summed E-state index contributed by atoms with van der Waals surface area (Å²) in [5.74, 6) is 0.800. The van der Waals surface area contributed by atoms with E-state index >= 15 is 0 Å². The van der Waals surface area contributed by atoms with Gasteiger partial charge in [0.15, 0.2) is 0 Å². The van der Waals surface area contributed by atoms with Gasteiger partial charge in [0.05, 0.1) is 18.1 Å². The maximum Gasteiger partial charge on any atom is 0.125 e. The molecule has 0 radical (unpaired) electrons. The van der Waals surface area contributed by atoms with Crippen LogP contribution in [0.15, 0.2) is 12.4 Å². The summed E-state index contributed by atoms with van der Waals surface area (Å²) < 4.78 is 0. The van der Waals surface area contributed by atoms with Gasteiger partial charge < -0.3 is 5.32 Å². The maximum absolute atomic E-state index is 4.09. The van der Waals surface area contributed by atoms with E-state index in [2.05, 4.69) is 36.1 Å². The molecule has 1 heterocycles. The van der Waals surface area contributed by atoms with Crippen LogP contribution in [0, 0.1) is 6.92 Å². The Morgan fingerprint density at radius 3 is 2.08 bits per heavy atom. The lowest BCUT2D eigenvalue weighted by molar-refractivity contribution is 0.632. The summed E-state index contributed by atoms with van der Waals surface area (Å²) in [6.07, 6.45) is 3.60. The van der Waals surface area contributed by atoms with Gasteiger partial charge in [-0.2, -0.15) is 0 Å². The van der Waals surface area contributed by atoms with Crippen LogP contribution in [0.3, 0.4) is 0 Å². The number of rotatable bonds is 1. The third-order valence-corrected chi connectivity index (χ3v) is 1.30. The van der Waals surface area contributed by atoms with E-state index < -0.39 is 0 Å². The molecule has 0 aliphatic rings. The van der Waals surface area contributed by atoms with Gasteiger partial charge in [-0.15, -0.1) is 0 Å². The molecule has 0 saturated carbocycles. The van der Waals surface area contributed by atoms with Gasteiger partial charge in [-0.05, 0) is 27.7 Å². The zero-order valence-corrected chi connectivity index (χ0v) is 8.05. The summed E-state index contributed by atoms with van der Waals surface area (Å²) in [6.45, 7) is 8.19. The first-order valence-corrected chi connectivity index (χ1v) is 4.04. The molecule has 0 aromatic carbocycles. The van der Waals surface area contributed by atoms with E-state index in [4.69, 9.17) is 0 Å². The molecule has 0 amide bonds. The average Bonchev–Trinajstić information content (AvgIpc) is 1.91. The quantitative estimate of drug-likeness (QED) is 0.691. The van der Waals surface area contributed by atoms with Crippen molar-refractivity contribution in [2.45, 2.75) is 33.2 Å². The number of hydrogen-bond donors (Lipinski definition) is 1. The molecule has 0 unspecified atom stereocenters. The molecule has 0 bridgehead atoms. The Bertz CT molecular complexity index is 245. The Kier molecular flexibility index (Phi) is 2.31. The number of aryl methyl sites for hydroxylation is 1. The number of anilines is 1. The van der Waals surface area contributed by atoms with Crippen LogP contribution in [0.5, 0.6) is 0 Å². The zero-order chi connectivity index (χ0) is 9.19. The van der Waals surface area contributed by atoms with Crippen LogP contribution in [0.25, 0.3) is 0 Å². The first-order valence-electron chi connectivity index (χ1n) is 4.04. The summed E-state index contributed by atoms with van der Waals surface area (Å²) in [5.41, 5.74) is 1.03. The largest absolute Gasteiger partial charge is 0.378 e. The molecule has 0 aliphatic heterocycles. The van der Waals surface area contributed by atoms with Crippen LogP contribution in [0.4, 0.5) is 5.69 Å². The van der Waals surface area contributed by atoms with Gasteiger partial charge in [-0.25, -0.2) is 9.97 Å². The Morgan fingerprint density at radius 1 is 1.17 bits per heavy atom. The van der Waals surface area contributed by atoms with E-state index in [1.807, 2.05) is 6.92 Å². The maximum atomic E-state index is 4.09. The molecule has 3 nitrogen and oxygen atoms in total. The molecule has 3 heteroatoms. The number of nitrogens with zero attached hydrogens (tertiary/aromatic N) is 2. The van der Waals surface area contributed by atoms with Crippen molar-refractivity contribution >= 4 is 5.69 Å². The third-order valence-electron chi connectivity index (χ3n) is 1.30. The summed E-state index contributed by atoms with van der Waals surface area (Å²) in [7, 11) is 0. The fraction of sp³-hybridized carbons (Fsp3) is 0.556. The standard InChI is InChI=1S/C9H15N3/c1-7-10-5-8(6-11-7)12-9(2,3)4/h5-6,12H,1-4H3. The van der Waals surface area contributed by atoms with Crippen molar-refractivity contribution in [3.8, 4) is 0 Å². The lowest BCUT2D eigenvalue weighted by Crippen LogP contribution is -2.26. The second-order valence-corrected chi connectivity index (χ2v) is 3.89. The smallest absolute Gasteiger partial charge is 0.125 e. The molecule has 0 spiro atoms. The normalized spacial score (nSPS) is 11.3. The highest BCUT2D eigenvalue weighted by Crippen LogP contribution is 2.11. The van der Waals surface area contributed by atoms with Crippen LogP contribution in [0.1, 0.15) is 26.6 Å². The highest BCUT2D eigenvalue weighted by atomic mass is 15.0. The van der Waals surface area contributed by atoms with Crippen LogP contribution < -0.4 is 5.32 Å². The number of hydrogen-bond acceptors (Lipinski definition) is 3. The van der Waals surface area contributed by atoms with Gasteiger partial charge in [0.2, 0.25) is 0 Å². The molecule has 12 heavy (non-hydrogen) atoms. The number of nitrogens with one attached hydrogen (secondary N) is 1. The fourth-order valence-electron chi connectivity index (χ4n) is 0.890. The minimum Gasteiger partial charge on any atom is -0.378 e. The highest BCUT2D eigenvalue weighted by Gasteiger charge is 2.08. The van der Waals surface area contributed by atoms with Crippen molar-refractivity contribution in [2.24, 2.45) is 0 Å². The zero-order valence-electron chi connectivity index (χ0n) is 8.05. The highest BCUT2D eigenvalue weighted by molar-refractivity contribution is 5.39. The van der Waals surface area contributed by atoms with Crippen molar-refractivity contribution in [3.63, 3.8) is 0 Å². The Morgan fingerprint density at radius 2 is 1.67 bits per heavy atom. The van der Waals surface area contributed by atoms with E-state index in [9.17, 15) is 0 Å². The topological polar surface area (TPSA) is 37.8 Å². The van der Waals surface area contributed by atoms with Gasteiger partial charge in [-0.3, -0.25) is 0 Å². The summed E-state index contributed by atoms with van der Waals surface area (Å²) in [6, 6.07) is 0. The van der Waals surface area contributed by atoms with E-state index in [0.29, 0.717) is 0 Å². The minimum absolute atomic E-state index is 0.0681. The van der Waals surface area contributed by atoms with Crippen molar-refractivity contribution in [1.29, 1.82) is 0 Å². The first kappa shape index (κ1) is 8.97. The predicted molar refractivity (Wildman–Crippen MR) is 50.1 cm³/mol. The van der Waals surface area contributed by atoms with Crippen molar-refractivity contribution in [2.75, 3.05) is 5.32 Å². The van der Waals surface area contributed by atoms with Gasteiger partial charge in [0, 0.05) is 5.54 Å². The molecule has 0 aliphatic carbocycles. The van der Waals surface area contributed by atoms with Crippen LogP contribution in [-0.2, 0) is 0 Å². The van der Waals surface area contributed by atoms with Crippen LogP contribution in [-0.4, -0.2) is 15.5 Å². The van der Waals surface area contributed by atoms with Gasteiger partial charge in [-0.1, -0.05) is 0 Å².